The maximum absolute atomic E-state index is 11.4. The lowest BCUT2D eigenvalue weighted by atomic mass is 10.1. The van der Waals surface area contributed by atoms with Gasteiger partial charge in [0.15, 0.2) is 0 Å². The van der Waals surface area contributed by atoms with Gasteiger partial charge in [-0.05, 0) is 50.2 Å². The molecule has 0 amide bonds. The summed E-state index contributed by atoms with van der Waals surface area (Å²) >= 11 is 0. The second kappa shape index (κ2) is 6.48. The summed E-state index contributed by atoms with van der Waals surface area (Å²) < 4.78 is 0. The van der Waals surface area contributed by atoms with Gasteiger partial charge in [0.25, 0.3) is 0 Å². The summed E-state index contributed by atoms with van der Waals surface area (Å²) in [5.41, 5.74) is 2.70. The molecule has 4 heteroatoms. The second-order valence-corrected chi connectivity index (χ2v) is 6.19. The van der Waals surface area contributed by atoms with E-state index in [-0.39, 0.29) is 0 Å². The first-order valence-electron chi connectivity index (χ1n) is 8.06. The van der Waals surface area contributed by atoms with E-state index in [1.807, 2.05) is 0 Å². The van der Waals surface area contributed by atoms with Crippen molar-refractivity contribution in [3.8, 4) is 0 Å². The number of nitrogens with one attached hydrogen (secondary N) is 1. The molecule has 1 unspecified atom stereocenters. The van der Waals surface area contributed by atoms with Crippen LogP contribution < -0.4 is 10.2 Å². The number of hydrogen-bond donors (Lipinski definition) is 2. The molecule has 1 fully saturated rings. The molecule has 114 valence electrons. The van der Waals surface area contributed by atoms with Crippen molar-refractivity contribution < 1.29 is 9.90 Å². The van der Waals surface area contributed by atoms with Gasteiger partial charge in [0.05, 0.1) is 0 Å². The summed E-state index contributed by atoms with van der Waals surface area (Å²) in [6.45, 7) is 1.85. The van der Waals surface area contributed by atoms with E-state index < -0.39 is 12.0 Å². The van der Waals surface area contributed by atoms with Crippen molar-refractivity contribution in [2.24, 2.45) is 0 Å². The lowest BCUT2D eigenvalue weighted by molar-refractivity contribution is -0.139. The predicted molar refractivity (Wildman–Crippen MR) is 83.8 cm³/mol. The Morgan fingerprint density at radius 3 is 2.90 bits per heavy atom. The average molecular weight is 288 g/mol. The molecule has 1 heterocycles. The number of nitrogens with zero attached hydrogens (tertiary/aromatic N) is 1. The molecule has 1 aromatic rings. The van der Waals surface area contributed by atoms with Crippen molar-refractivity contribution in [1.82, 2.24) is 5.32 Å². The van der Waals surface area contributed by atoms with E-state index in [0.717, 1.165) is 32.4 Å². The van der Waals surface area contributed by atoms with Gasteiger partial charge in [-0.1, -0.05) is 18.2 Å². The van der Waals surface area contributed by atoms with Crippen LogP contribution in [0.15, 0.2) is 24.3 Å². The van der Waals surface area contributed by atoms with Gasteiger partial charge < -0.3 is 15.3 Å². The SMILES string of the molecule is O=C(O)C(CCN1CCCCc2ccccc21)NC1CC1. The summed E-state index contributed by atoms with van der Waals surface area (Å²) in [5.74, 6) is -0.718. The Bertz CT molecular complexity index is 499. The van der Waals surface area contributed by atoms with Gasteiger partial charge in [0.1, 0.15) is 6.04 Å². The van der Waals surface area contributed by atoms with Crippen LogP contribution >= 0.6 is 0 Å². The van der Waals surface area contributed by atoms with Crippen LogP contribution in [0.25, 0.3) is 0 Å². The molecule has 1 aromatic carbocycles. The zero-order valence-electron chi connectivity index (χ0n) is 12.4. The van der Waals surface area contributed by atoms with E-state index in [1.54, 1.807) is 0 Å². The average Bonchev–Trinajstić information content (AvgIpc) is 3.30. The molecule has 1 aliphatic heterocycles. The highest BCUT2D eigenvalue weighted by Crippen LogP contribution is 2.26. The largest absolute Gasteiger partial charge is 0.480 e. The topological polar surface area (TPSA) is 52.6 Å². The maximum Gasteiger partial charge on any atom is 0.320 e. The number of fused-ring (bicyclic) bond motifs is 1. The summed E-state index contributed by atoms with van der Waals surface area (Å²) in [6, 6.07) is 8.57. The third kappa shape index (κ3) is 3.76. The number of hydrogen-bond acceptors (Lipinski definition) is 3. The Morgan fingerprint density at radius 2 is 2.14 bits per heavy atom. The Labute approximate surface area is 126 Å². The Hall–Kier alpha value is -1.55. The van der Waals surface area contributed by atoms with Gasteiger partial charge in [-0.25, -0.2) is 0 Å². The quantitative estimate of drug-likeness (QED) is 0.844. The number of aryl methyl sites for hydroxylation is 1. The van der Waals surface area contributed by atoms with Crippen LogP contribution in [-0.4, -0.2) is 36.2 Å². The van der Waals surface area contributed by atoms with Crippen LogP contribution in [0.3, 0.4) is 0 Å². The fraction of sp³-hybridized carbons (Fsp3) is 0.588. The minimum Gasteiger partial charge on any atom is -0.480 e. The maximum atomic E-state index is 11.4. The number of anilines is 1. The molecule has 2 aliphatic rings. The molecule has 0 aromatic heterocycles. The third-order valence-corrected chi connectivity index (χ3v) is 4.46. The normalized spacial score (nSPS) is 19.7. The van der Waals surface area contributed by atoms with Crippen LogP contribution in [0, 0.1) is 0 Å². The standard InChI is InChI=1S/C17H24N2O2/c20-17(21)15(18-14-8-9-14)10-12-19-11-4-3-6-13-5-1-2-7-16(13)19/h1-2,5,7,14-15,18H,3-4,6,8-12H2,(H,20,21). The van der Waals surface area contributed by atoms with E-state index in [0.29, 0.717) is 12.5 Å². The van der Waals surface area contributed by atoms with E-state index in [2.05, 4.69) is 34.5 Å². The molecule has 2 N–H and O–H groups in total. The second-order valence-electron chi connectivity index (χ2n) is 6.19. The van der Waals surface area contributed by atoms with Crippen molar-refractivity contribution in [3.05, 3.63) is 29.8 Å². The summed E-state index contributed by atoms with van der Waals surface area (Å²) in [7, 11) is 0. The van der Waals surface area contributed by atoms with E-state index in [4.69, 9.17) is 0 Å². The Balaban J connectivity index is 1.64. The molecule has 0 saturated heterocycles. The van der Waals surface area contributed by atoms with Crippen molar-refractivity contribution >= 4 is 11.7 Å². The number of para-hydroxylation sites is 1. The summed E-state index contributed by atoms with van der Waals surface area (Å²) in [5, 5.41) is 12.6. The summed E-state index contributed by atoms with van der Waals surface area (Å²) in [6.07, 6.45) is 6.45. The van der Waals surface area contributed by atoms with Crippen molar-refractivity contribution in [1.29, 1.82) is 0 Å². The smallest absolute Gasteiger partial charge is 0.320 e. The molecular weight excluding hydrogens is 264 g/mol. The van der Waals surface area contributed by atoms with E-state index >= 15 is 0 Å². The van der Waals surface area contributed by atoms with Crippen molar-refractivity contribution in [2.75, 3.05) is 18.0 Å². The molecule has 0 bridgehead atoms. The lowest BCUT2D eigenvalue weighted by Crippen LogP contribution is -2.41. The van der Waals surface area contributed by atoms with E-state index in [1.165, 1.54) is 24.1 Å². The number of carboxylic acids is 1. The van der Waals surface area contributed by atoms with Gasteiger partial charge in [-0.2, -0.15) is 0 Å². The highest BCUT2D eigenvalue weighted by atomic mass is 16.4. The van der Waals surface area contributed by atoms with Crippen LogP contribution in [0.1, 0.15) is 37.7 Å². The van der Waals surface area contributed by atoms with Gasteiger partial charge in [-0.15, -0.1) is 0 Å². The molecule has 3 rings (SSSR count). The molecule has 0 spiro atoms. The zero-order valence-corrected chi connectivity index (χ0v) is 12.4. The molecular formula is C17H24N2O2. The molecule has 21 heavy (non-hydrogen) atoms. The van der Waals surface area contributed by atoms with Crippen LogP contribution in [0.2, 0.25) is 0 Å². The molecule has 1 aliphatic carbocycles. The first kappa shape index (κ1) is 14.4. The van der Waals surface area contributed by atoms with Crippen molar-refractivity contribution in [3.63, 3.8) is 0 Å². The van der Waals surface area contributed by atoms with Gasteiger partial charge >= 0.3 is 5.97 Å². The third-order valence-electron chi connectivity index (χ3n) is 4.46. The van der Waals surface area contributed by atoms with Gasteiger partial charge in [-0.3, -0.25) is 4.79 Å². The number of rotatable bonds is 6. The first-order valence-corrected chi connectivity index (χ1v) is 8.06. The number of benzene rings is 1. The van der Waals surface area contributed by atoms with Gasteiger partial charge in [0.2, 0.25) is 0 Å². The fourth-order valence-electron chi connectivity index (χ4n) is 3.10. The minimum absolute atomic E-state index is 0.409. The van der Waals surface area contributed by atoms with Crippen LogP contribution in [-0.2, 0) is 11.2 Å². The summed E-state index contributed by atoms with van der Waals surface area (Å²) in [4.78, 5) is 13.7. The Morgan fingerprint density at radius 1 is 1.33 bits per heavy atom. The highest BCUT2D eigenvalue weighted by Gasteiger charge is 2.28. The van der Waals surface area contributed by atoms with Gasteiger partial charge in [0, 0.05) is 24.8 Å². The van der Waals surface area contributed by atoms with Crippen LogP contribution in [0.4, 0.5) is 5.69 Å². The number of carboxylic acid groups (broad SMARTS) is 1. The lowest BCUT2D eigenvalue weighted by Gasteiger charge is -2.26. The molecule has 4 nitrogen and oxygen atoms in total. The highest BCUT2D eigenvalue weighted by molar-refractivity contribution is 5.73. The molecule has 1 saturated carbocycles. The Kier molecular flexibility index (Phi) is 4.44. The van der Waals surface area contributed by atoms with E-state index in [9.17, 15) is 9.90 Å². The minimum atomic E-state index is -0.718. The number of carbonyl (C=O) groups is 1. The molecule has 1 atom stereocenters. The first-order chi connectivity index (χ1) is 10.2. The fourth-order valence-corrected chi connectivity index (χ4v) is 3.10. The number of aliphatic carboxylic acids is 1. The monoisotopic (exact) mass is 288 g/mol. The predicted octanol–water partition coefficient (Wildman–Crippen LogP) is 2.42. The zero-order chi connectivity index (χ0) is 14.7. The van der Waals surface area contributed by atoms with Crippen molar-refractivity contribution in [2.45, 2.75) is 50.6 Å². The molecule has 0 radical (unpaired) electrons. The van der Waals surface area contributed by atoms with Crippen LogP contribution in [0.5, 0.6) is 0 Å².